The van der Waals surface area contributed by atoms with Gasteiger partial charge in [-0.1, -0.05) is 27.5 Å². The summed E-state index contributed by atoms with van der Waals surface area (Å²) < 4.78 is 2.75. The van der Waals surface area contributed by atoms with Crippen molar-refractivity contribution < 1.29 is 0 Å². The summed E-state index contributed by atoms with van der Waals surface area (Å²) >= 11 is 9.54. The second-order valence-electron chi connectivity index (χ2n) is 4.00. The van der Waals surface area contributed by atoms with Crippen molar-refractivity contribution >= 4 is 27.5 Å². The molecule has 2 aromatic rings. The number of nitrogens with one attached hydrogen (secondary N) is 1. The van der Waals surface area contributed by atoms with Crippen LogP contribution in [-0.2, 0) is 20.0 Å². The van der Waals surface area contributed by atoms with Gasteiger partial charge in [0.25, 0.3) is 0 Å². The molecule has 0 spiro atoms. The molecular weight excluding hydrogens is 316 g/mol. The Kier molecular flexibility index (Phi) is 4.74. The van der Waals surface area contributed by atoms with Crippen molar-refractivity contribution in [1.29, 1.82) is 0 Å². The lowest BCUT2D eigenvalue weighted by atomic mass is 10.2. The maximum Gasteiger partial charge on any atom is 0.151 e. The molecule has 4 nitrogen and oxygen atoms in total. The molecule has 0 radical (unpaired) electrons. The van der Waals surface area contributed by atoms with Gasteiger partial charge in [0.1, 0.15) is 6.33 Å². The predicted molar refractivity (Wildman–Crippen MR) is 75.6 cm³/mol. The Bertz CT molecular complexity index is 527. The van der Waals surface area contributed by atoms with Gasteiger partial charge in [-0.05, 0) is 23.8 Å². The van der Waals surface area contributed by atoms with Gasteiger partial charge in [0.15, 0.2) is 5.82 Å². The highest BCUT2D eigenvalue weighted by Crippen LogP contribution is 2.20. The first kappa shape index (κ1) is 13.5. The van der Waals surface area contributed by atoms with Gasteiger partial charge < -0.3 is 5.32 Å². The summed E-state index contributed by atoms with van der Waals surface area (Å²) in [7, 11) is 1.87. The molecule has 6 heteroatoms. The van der Waals surface area contributed by atoms with Crippen LogP contribution in [0.5, 0.6) is 0 Å². The lowest BCUT2D eigenvalue weighted by Gasteiger charge is -2.06. The number of halogens is 2. The second-order valence-corrected chi connectivity index (χ2v) is 5.32. The smallest absolute Gasteiger partial charge is 0.151 e. The van der Waals surface area contributed by atoms with E-state index >= 15 is 0 Å². The number of benzene rings is 1. The van der Waals surface area contributed by atoms with Crippen molar-refractivity contribution in [3.8, 4) is 0 Å². The third kappa shape index (κ3) is 3.80. The van der Waals surface area contributed by atoms with Crippen LogP contribution < -0.4 is 5.32 Å². The summed E-state index contributed by atoms with van der Waals surface area (Å²) in [5.74, 6) is 0.852. The van der Waals surface area contributed by atoms with Crippen LogP contribution in [0.1, 0.15) is 11.4 Å². The summed E-state index contributed by atoms with van der Waals surface area (Å²) in [6.07, 6.45) is 2.52. The molecule has 0 saturated heterocycles. The lowest BCUT2D eigenvalue weighted by molar-refractivity contribution is 0.661. The van der Waals surface area contributed by atoms with E-state index in [0.717, 1.165) is 40.4 Å². The number of aromatic nitrogens is 3. The summed E-state index contributed by atoms with van der Waals surface area (Å²) in [5.41, 5.74) is 1.08. The van der Waals surface area contributed by atoms with Crippen molar-refractivity contribution in [2.75, 3.05) is 6.54 Å². The Labute approximate surface area is 119 Å². The maximum absolute atomic E-state index is 6.11. The van der Waals surface area contributed by atoms with Crippen molar-refractivity contribution in [2.45, 2.75) is 13.0 Å². The fraction of sp³-hybridized carbons (Fsp3) is 0.333. The molecular formula is C12H14BrClN4. The minimum atomic E-state index is 0.741. The molecule has 0 aliphatic heterocycles. The van der Waals surface area contributed by atoms with Crippen LogP contribution in [-0.4, -0.2) is 21.3 Å². The van der Waals surface area contributed by atoms with E-state index in [9.17, 15) is 0 Å². The van der Waals surface area contributed by atoms with Crippen molar-refractivity contribution in [3.63, 3.8) is 0 Å². The van der Waals surface area contributed by atoms with Gasteiger partial charge in [-0.15, -0.1) is 0 Å². The summed E-state index contributed by atoms with van der Waals surface area (Å²) in [4.78, 5) is 4.17. The molecule has 0 bridgehead atoms. The minimum Gasteiger partial charge on any atom is -0.312 e. The minimum absolute atomic E-state index is 0.741. The number of nitrogens with zero attached hydrogens (tertiary/aromatic N) is 3. The predicted octanol–water partition coefficient (Wildman–Crippen LogP) is 2.56. The van der Waals surface area contributed by atoms with Crippen LogP contribution in [0.3, 0.4) is 0 Å². The van der Waals surface area contributed by atoms with E-state index in [1.807, 2.05) is 25.2 Å². The van der Waals surface area contributed by atoms with E-state index in [1.165, 1.54) is 0 Å². The Balaban J connectivity index is 1.80. The quantitative estimate of drug-likeness (QED) is 0.857. The Morgan fingerprint density at radius 2 is 2.28 bits per heavy atom. The number of hydrogen-bond acceptors (Lipinski definition) is 3. The summed E-state index contributed by atoms with van der Waals surface area (Å²) in [6.45, 7) is 1.57. The first-order chi connectivity index (χ1) is 8.65. The van der Waals surface area contributed by atoms with Crippen LogP contribution in [0, 0.1) is 0 Å². The number of hydrogen-bond donors (Lipinski definition) is 1. The molecule has 1 aromatic carbocycles. The monoisotopic (exact) mass is 328 g/mol. The van der Waals surface area contributed by atoms with E-state index in [1.54, 1.807) is 11.0 Å². The highest BCUT2D eigenvalue weighted by atomic mass is 79.9. The first-order valence-electron chi connectivity index (χ1n) is 5.64. The Morgan fingerprint density at radius 3 is 3.00 bits per heavy atom. The second kappa shape index (κ2) is 6.31. The lowest BCUT2D eigenvalue weighted by Crippen LogP contribution is -2.17. The van der Waals surface area contributed by atoms with Gasteiger partial charge in [0, 0.05) is 36.1 Å². The van der Waals surface area contributed by atoms with Crippen molar-refractivity contribution in [3.05, 3.63) is 45.4 Å². The summed E-state index contributed by atoms with van der Waals surface area (Å²) in [5, 5.41) is 8.33. The third-order valence-corrected chi connectivity index (χ3v) is 3.36. The molecule has 1 N–H and O–H groups in total. The van der Waals surface area contributed by atoms with Crippen molar-refractivity contribution in [1.82, 2.24) is 20.1 Å². The zero-order valence-electron chi connectivity index (χ0n) is 10.0. The average Bonchev–Trinajstić information content (AvgIpc) is 2.75. The SMILES string of the molecule is Cn1cnc(CCNCc2cc(Br)ccc2Cl)n1. The van der Waals surface area contributed by atoms with Crippen LogP contribution in [0.15, 0.2) is 29.0 Å². The topological polar surface area (TPSA) is 42.7 Å². The van der Waals surface area contributed by atoms with Gasteiger partial charge in [0.2, 0.25) is 0 Å². The van der Waals surface area contributed by atoms with Crippen LogP contribution >= 0.6 is 27.5 Å². The molecule has 18 heavy (non-hydrogen) atoms. The highest BCUT2D eigenvalue weighted by molar-refractivity contribution is 9.10. The largest absolute Gasteiger partial charge is 0.312 e. The van der Waals surface area contributed by atoms with E-state index in [0.29, 0.717) is 0 Å². The molecule has 1 aromatic heterocycles. The Hall–Kier alpha value is -0.910. The summed E-state index contributed by atoms with van der Waals surface area (Å²) in [6, 6.07) is 5.85. The molecule has 0 amide bonds. The zero-order chi connectivity index (χ0) is 13.0. The van der Waals surface area contributed by atoms with E-state index in [-0.39, 0.29) is 0 Å². The third-order valence-electron chi connectivity index (χ3n) is 2.50. The molecule has 0 aliphatic carbocycles. The molecule has 0 unspecified atom stereocenters. The van der Waals surface area contributed by atoms with Gasteiger partial charge in [-0.3, -0.25) is 4.68 Å². The molecule has 0 fully saturated rings. The molecule has 1 heterocycles. The van der Waals surface area contributed by atoms with Crippen LogP contribution in [0.2, 0.25) is 5.02 Å². The molecule has 96 valence electrons. The first-order valence-corrected chi connectivity index (χ1v) is 6.81. The Morgan fingerprint density at radius 1 is 1.44 bits per heavy atom. The average molecular weight is 330 g/mol. The zero-order valence-corrected chi connectivity index (χ0v) is 12.4. The standard InChI is InChI=1S/C12H14BrClN4/c1-18-8-16-12(17-18)4-5-15-7-9-6-10(13)2-3-11(9)14/h2-3,6,8,15H,4-5,7H2,1H3. The normalized spacial score (nSPS) is 10.8. The van der Waals surface area contributed by atoms with Gasteiger partial charge in [0.05, 0.1) is 0 Å². The molecule has 0 saturated carbocycles. The molecule has 0 aliphatic rings. The van der Waals surface area contributed by atoms with E-state index in [2.05, 4.69) is 31.3 Å². The van der Waals surface area contributed by atoms with Gasteiger partial charge >= 0.3 is 0 Å². The highest BCUT2D eigenvalue weighted by Gasteiger charge is 2.02. The van der Waals surface area contributed by atoms with Crippen LogP contribution in [0.4, 0.5) is 0 Å². The fourth-order valence-corrected chi connectivity index (χ4v) is 2.19. The van der Waals surface area contributed by atoms with E-state index in [4.69, 9.17) is 11.6 Å². The number of aryl methyl sites for hydroxylation is 1. The van der Waals surface area contributed by atoms with Gasteiger partial charge in [-0.25, -0.2) is 4.98 Å². The number of rotatable bonds is 5. The maximum atomic E-state index is 6.11. The van der Waals surface area contributed by atoms with Crippen molar-refractivity contribution in [2.24, 2.45) is 7.05 Å². The van der Waals surface area contributed by atoms with Gasteiger partial charge in [-0.2, -0.15) is 5.10 Å². The van der Waals surface area contributed by atoms with E-state index < -0.39 is 0 Å². The van der Waals surface area contributed by atoms with Crippen LogP contribution in [0.25, 0.3) is 0 Å². The fourth-order valence-electron chi connectivity index (χ4n) is 1.60. The molecule has 2 rings (SSSR count). The molecule has 0 atom stereocenters.